The Morgan fingerprint density at radius 2 is 2.04 bits per heavy atom. The van der Waals surface area contributed by atoms with Crippen molar-refractivity contribution in [3.05, 3.63) is 34.3 Å². The minimum atomic E-state index is -3.60. The first-order valence-corrected chi connectivity index (χ1v) is 10.6. The molecule has 1 aliphatic carbocycles. The summed E-state index contributed by atoms with van der Waals surface area (Å²) in [5.41, 5.74) is 2.02. The number of hydroxylamine groups is 2. The number of halogens is 1. The predicted molar refractivity (Wildman–Crippen MR) is 94.8 cm³/mol. The molecule has 8 heteroatoms. The molecule has 2 aliphatic rings. The monoisotopic (exact) mass is 386 g/mol. The molecule has 1 unspecified atom stereocenters. The van der Waals surface area contributed by atoms with E-state index in [0.29, 0.717) is 29.5 Å². The summed E-state index contributed by atoms with van der Waals surface area (Å²) in [4.78, 5) is 11.0. The SMILES string of the molecule is O=CN(O)C(CS(=O)(=O)N1CCc2ccc(Cl)cc2C1)C1CCCC1. The lowest BCUT2D eigenvalue weighted by Crippen LogP contribution is -2.47. The Bertz CT molecular complexity index is 734. The van der Waals surface area contributed by atoms with Crippen molar-refractivity contribution in [3.63, 3.8) is 0 Å². The van der Waals surface area contributed by atoms with E-state index in [2.05, 4.69) is 0 Å². The zero-order chi connectivity index (χ0) is 18.0. The van der Waals surface area contributed by atoms with Gasteiger partial charge in [0.2, 0.25) is 16.4 Å². The van der Waals surface area contributed by atoms with E-state index in [0.717, 1.165) is 36.8 Å². The third kappa shape index (κ3) is 4.16. The minimum Gasteiger partial charge on any atom is -0.286 e. The van der Waals surface area contributed by atoms with Gasteiger partial charge in [0.05, 0.1) is 11.8 Å². The van der Waals surface area contributed by atoms with Gasteiger partial charge in [-0.2, -0.15) is 4.31 Å². The van der Waals surface area contributed by atoms with E-state index >= 15 is 0 Å². The predicted octanol–water partition coefficient (Wildman–Crippen LogP) is 2.43. The Labute approximate surface area is 153 Å². The number of sulfonamides is 1. The van der Waals surface area contributed by atoms with E-state index in [4.69, 9.17) is 11.6 Å². The molecule has 0 aromatic heterocycles. The number of benzene rings is 1. The van der Waals surface area contributed by atoms with Crippen LogP contribution < -0.4 is 0 Å². The van der Waals surface area contributed by atoms with E-state index in [9.17, 15) is 18.4 Å². The van der Waals surface area contributed by atoms with Crippen LogP contribution in [0.15, 0.2) is 18.2 Å². The topological polar surface area (TPSA) is 77.9 Å². The number of carbonyl (C=O) groups is 1. The normalized spacial score (nSPS) is 20.2. The number of fused-ring (bicyclic) bond motifs is 1. The molecule has 0 radical (unpaired) electrons. The van der Waals surface area contributed by atoms with Crippen LogP contribution in [0.1, 0.15) is 36.8 Å². The van der Waals surface area contributed by atoms with Crippen LogP contribution in [0.2, 0.25) is 5.02 Å². The van der Waals surface area contributed by atoms with Crippen LogP contribution in [0.25, 0.3) is 0 Å². The highest BCUT2D eigenvalue weighted by atomic mass is 35.5. The van der Waals surface area contributed by atoms with Crippen LogP contribution in [0.5, 0.6) is 0 Å². The summed E-state index contributed by atoms with van der Waals surface area (Å²) < 4.78 is 27.3. The van der Waals surface area contributed by atoms with E-state index in [1.54, 1.807) is 6.07 Å². The molecule has 1 heterocycles. The Hall–Kier alpha value is -1.15. The average molecular weight is 387 g/mol. The van der Waals surface area contributed by atoms with Crippen molar-refractivity contribution in [1.29, 1.82) is 0 Å². The van der Waals surface area contributed by atoms with Gasteiger partial charge in [-0.05, 0) is 48.4 Å². The molecule has 1 aliphatic heterocycles. The van der Waals surface area contributed by atoms with Crippen LogP contribution in [0.4, 0.5) is 0 Å². The maximum Gasteiger partial charge on any atom is 0.233 e. The van der Waals surface area contributed by atoms with Gasteiger partial charge in [0.25, 0.3) is 0 Å². The first-order valence-electron chi connectivity index (χ1n) is 8.58. The third-order valence-electron chi connectivity index (χ3n) is 5.31. The number of amides is 1. The molecule has 0 spiro atoms. The molecule has 25 heavy (non-hydrogen) atoms. The molecular weight excluding hydrogens is 364 g/mol. The van der Waals surface area contributed by atoms with Gasteiger partial charge in [-0.15, -0.1) is 0 Å². The molecule has 6 nitrogen and oxygen atoms in total. The van der Waals surface area contributed by atoms with Crippen LogP contribution in [0.3, 0.4) is 0 Å². The molecule has 1 aromatic carbocycles. The van der Waals surface area contributed by atoms with E-state index < -0.39 is 16.1 Å². The van der Waals surface area contributed by atoms with Crippen molar-refractivity contribution in [1.82, 2.24) is 9.37 Å². The van der Waals surface area contributed by atoms with Gasteiger partial charge in [0.1, 0.15) is 0 Å². The van der Waals surface area contributed by atoms with Gasteiger partial charge in [-0.1, -0.05) is 30.5 Å². The zero-order valence-electron chi connectivity index (χ0n) is 14.0. The van der Waals surface area contributed by atoms with Crippen LogP contribution in [0, 0.1) is 5.92 Å². The van der Waals surface area contributed by atoms with Gasteiger partial charge in [0, 0.05) is 18.1 Å². The fraction of sp³-hybridized carbons (Fsp3) is 0.588. The van der Waals surface area contributed by atoms with Crippen molar-refractivity contribution in [2.45, 2.75) is 44.7 Å². The van der Waals surface area contributed by atoms with Crippen LogP contribution >= 0.6 is 11.6 Å². The highest BCUT2D eigenvalue weighted by Crippen LogP contribution is 2.31. The molecule has 0 bridgehead atoms. The summed E-state index contributed by atoms with van der Waals surface area (Å²) in [7, 11) is -3.60. The summed E-state index contributed by atoms with van der Waals surface area (Å²) >= 11 is 6.02. The molecule has 1 saturated carbocycles. The van der Waals surface area contributed by atoms with Crippen molar-refractivity contribution < 1.29 is 18.4 Å². The first-order chi connectivity index (χ1) is 11.9. The highest BCUT2D eigenvalue weighted by Gasteiger charge is 2.36. The van der Waals surface area contributed by atoms with E-state index in [1.807, 2.05) is 12.1 Å². The summed E-state index contributed by atoms with van der Waals surface area (Å²) in [6.07, 6.45) is 4.63. The number of rotatable bonds is 6. The second kappa shape index (κ2) is 7.61. The lowest BCUT2D eigenvalue weighted by molar-refractivity contribution is -0.162. The largest absolute Gasteiger partial charge is 0.286 e. The quantitative estimate of drug-likeness (QED) is 0.462. The molecule has 3 rings (SSSR count). The fourth-order valence-corrected chi connectivity index (χ4v) is 5.87. The fourth-order valence-electron chi connectivity index (χ4n) is 3.91. The van der Waals surface area contributed by atoms with Gasteiger partial charge in [-0.25, -0.2) is 13.5 Å². The second-order valence-corrected chi connectivity index (χ2v) is 9.32. The summed E-state index contributed by atoms with van der Waals surface area (Å²) in [5.74, 6) is -0.223. The summed E-state index contributed by atoms with van der Waals surface area (Å²) in [5, 5.41) is 11.0. The van der Waals surface area contributed by atoms with Crippen molar-refractivity contribution in [2.24, 2.45) is 5.92 Å². The molecule has 138 valence electrons. The van der Waals surface area contributed by atoms with Gasteiger partial charge in [0.15, 0.2) is 0 Å². The maximum atomic E-state index is 12.9. The summed E-state index contributed by atoms with van der Waals surface area (Å²) in [6, 6.07) is 4.86. The van der Waals surface area contributed by atoms with Gasteiger partial charge in [-0.3, -0.25) is 10.0 Å². The zero-order valence-corrected chi connectivity index (χ0v) is 15.5. The summed E-state index contributed by atoms with van der Waals surface area (Å²) in [6.45, 7) is 0.684. The molecule has 1 fully saturated rings. The lowest BCUT2D eigenvalue weighted by atomic mass is 10.00. The molecule has 0 saturated heterocycles. The van der Waals surface area contributed by atoms with Gasteiger partial charge >= 0.3 is 0 Å². The average Bonchev–Trinajstić information content (AvgIpc) is 3.12. The Balaban J connectivity index is 1.77. The highest BCUT2D eigenvalue weighted by molar-refractivity contribution is 7.89. The Morgan fingerprint density at radius 3 is 2.72 bits per heavy atom. The van der Waals surface area contributed by atoms with Crippen molar-refractivity contribution in [3.8, 4) is 0 Å². The molecule has 1 N–H and O–H groups in total. The number of hydrogen-bond acceptors (Lipinski definition) is 4. The van der Waals surface area contributed by atoms with Crippen LogP contribution in [-0.2, 0) is 27.8 Å². The molecule has 1 aromatic rings. The maximum absolute atomic E-state index is 12.9. The third-order valence-corrected chi connectivity index (χ3v) is 7.41. The number of hydrogen-bond donors (Lipinski definition) is 1. The standard InChI is InChI=1S/C17H23ClN2O4S/c18-16-6-5-13-7-8-19(10-15(13)9-16)25(23,24)11-17(20(22)12-21)14-3-1-2-4-14/h5-6,9,12,14,17,22H,1-4,7-8,10-11H2. The van der Waals surface area contributed by atoms with Gasteiger partial charge < -0.3 is 0 Å². The number of nitrogens with zero attached hydrogens (tertiary/aromatic N) is 2. The minimum absolute atomic E-state index is 0.0245. The molecule has 1 amide bonds. The van der Waals surface area contributed by atoms with E-state index in [1.165, 1.54) is 4.31 Å². The lowest BCUT2D eigenvalue weighted by Gasteiger charge is -2.32. The first kappa shape index (κ1) is 18.6. The van der Waals surface area contributed by atoms with E-state index in [-0.39, 0.29) is 18.2 Å². The number of carbonyl (C=O) groups excluding carboxylic acids is 1. The van der Waals surface area contributed by atoms with Crippen molar-refractivity contribution >= 4 is 28.0 Å². The Morgan fingerprint density at radius 1 is 1.32 bits per heavy atom. The Kier molecular flexibility index (Phi) is 5.68. The smallest absolute Gasteiger partial charge is 0.233 e. The molecular formula is C17H23ClN2O4S. The molecule has 1 atom stereocenters. The van der Waals surface area contributed by atoms with Crippen molar-refractivity contribution in [2.75, 3.05) is 12.3 Å². The van der Waals surface area contributed by atoms with Crippen LogP contribution in [-0.4, -0.2) is 47.7 Å². The second-order valence-electron chi connectivity index (χ2n) is 6.87.